The van der Waals surface area contributed by atoms with Crippen molar-refractivity contribution in [2.45, 2.75) is 39.0 Å². The molecule has 23 heavy (non-hydrogen) atoms. The molecule has 3 rings (SSSR count). The lowest BCUT2D eigenvalue weighted by Gasteiger charge is -2.35. The third-order valence-corrected chi connectivity index (χ3v) is 5.45. The SMILES string of the molecule is Cc1ccc(Cl)cc1[NH+]1CCN(C(=O)C2CCCCC2)CC1.[Cl-]. The van der Waals surface area contributed by atoms with Crippen LogP contribution in [0.25, 0.3) is 0 Å². The highest BCUT2D eigenvalue weighted by molar-refractivity contribution is 6.30. The minimum absolute atomic E-state index is 0. The van der Waals surface area contributed by atoms with Gasteiger partial charge in [-0.1, -0.05) is 36.9 Å². The second-order valence-electron chi connectivity index (χ2n) is 6.72. The molecule has 1 saturated heterocycles. The lowest BCUT2D eigenvalue weighted by Crippen LogP contribution is -3.10. The lowest BCUT2D eigenvalue weighted by molar-refractivity contribution is -0.837. The molecule has 1 N–H and O–H groups in total. The van der Waals surface area contributed by atoms with Crippen molar-refractivity contribution in [1.82, 2.24) is 4.90 Å². The van der Waals surface area contributed by atoms with Crippen molar-refractivity contribution in [3.63, 3.8) is 0 Å². The van der Waals surface area contributed by atoms with Gasteiger partial charge in [-0.25, -0.2) is 0 Å². The van der Waals surface area contributed by atoms with Crippen LogP contribution in [0.5, 0.6) is 0 Å². The summed E-state index contributed by atoms with van der Waals surface area (Å²) in [6.45, 7) is 5.85. The van der Waals surface area contributed by atoms with E-state index in [0.717, 1.165) is 44.0 Å². The third-order valence-electron chi connectivity index (χ3n) is 5.21. The quantitative estimate of drug-likeness (QED) is 0.765. The number of nitrogens with zero attached hydrogens (tertiary/aromatic N) is 1. The number of piperazine rings is 1. The van der Waals surface area contributed by atoms with Crippen LogP contribution in [0.1, 0.15) is 37.7 Å². The molecule has 1 amide bonds. The van der Waals surface area contributed by atoms with Crippen LogP contribution in [0.2, 0.25) is 5.02 Å². The Morgan fingerprint density at radius 2 is 1.83 bits per heavy atom. The van der Waals surface area contributed by atoms with Crippen molar-refractivity contribution in [2.75, 3.05) is 26.2 Å². The van der Waals surface area contributed by atoms with Gasteiger partial charge in [-0.15, -0.1) is 0 Å². The summed E-state index contributed by atoms with van der Waals surface area (Å²) in [5.41, 5.74) is 2.57. The number of benzene rings is 1. The highest BCUT2D eigenvalue weighted by Gasteiger charge is 2.30. The minimum atomic E-state index is 0. The Bertz CT molecular complexity index is 536. The van der Waals surface area contributed by atoms with Gasteiger partial charge >= 0.3 is 0 Å². The Kier molecular flexibility index (Phi) is 6.75. The van der Waals surface area contributed by atoms with Crippen molar-refractivity contribution < 1.29 is 22.1 Å². The fraction of sp³-hybridized carbons (Fsp3) is 0.611. The Morgan fingerprint density at radius 3 is 2.48 bits per heavy atom. The number of carbonyl (C=O) groups excluding carboxylic acids is 1. The van der Waals surface area contributed by atoms with E-state index in [9.17, 15) is 4.79 Å². The first kappa shape index (κ1) is 18.6. The zero-order valence-electron chi connectivity index (χ0n) is 13.8. The van der Waals surface area contributed by atoms with Crippen LogP contribution in [0.15, 0.2) is 18.2 Å². The van der Waals surface area contributed by atoms with Gasteiger partial charge in [-0.05, 0) is 25.8 Å². The molecule has 0 spiro atoms. The van der Waals surface area contributed by atoms with Crippen molar-refractivity contribution in [3.05, 3.63) is 28.8 Å². The molecule has 1 aliphatic heterocycles. The summed E-state index contributed by atoms with van der Waals surface area (Å²) < 4.78 is 0. The highest BCUT2D eigenvalue weighted by Crippen LogP contribution is 2.25. The van der Waals surface area contributed by atoms with E-state index in [4.69, 9.17) is 11.6 Å². The molecule has 1 heterocycles. The molecule has 1 aromatic rings. The van der Waals surface area contributed by atoms with Crippen LogP contribution < -0.4 is 17.3 Å². The van der Waals surface area contributed by atoms with Gasteiger partial charge in [0, 0.05) is 22.6 Å². The first-order valence-corrected chi connectivity index (χ1v) is 8.93. The maximum Gasteiger partial charge on any atom is 0.226 e. The van der Waals surface area contributed by atoms with Gasteiger partial charge < -0.3 is 17.3 Å². The number of hydrogen-bond acceptors (Lipinski definition) is 1. The summed E-state index contributed by atoms with van der Waals surface area (Å²) in [5.74, 6) is 0.699. The molecule has 5 heteroatoms. The minimum Gasteiger partial charge on any atom is -1.00 e. The van der Waals surface area contributed by atoms with Crippen molar-refractivity contribution >= 4 is 23.2 Å². The maximum atomic E-state index is 12.6. The average molecular weight is 357 g/mol. The molecule has 0 unspecified atom stereocenters. The molecule has 3 nitrogen and oxygen atoms in total. The zero-order chi connectivity index (χ0) is 15.5. The summed E-state index contributed by atoms with van der Waals surface area (Å²) in [6.07, 6.45) is 5.95. The van der Waals surface area contributed by atoms with Crippen LogP contribution in [0.3, 0.4) is 0 Å². The molecule has 1 aromatic carbocycles. The van der Waals surface area contributed by atoms with Gasteiger partial charge in [0.1, 0.15) is 5.69 Å². The monoisotopic (exact) mass is 356 g/mol. The Balaban J connectivity index is 0.00000192. The lowest BCUT2D eigenvalue weighted by atomic mass is 9.88. The van der Waals surface area contributed by atoms with Crippen LogP contribution in [0.4, 0.5) is 5.69 Å². The van der Waals surface area contributed by atoms with Crippen LogP contribution in [-0.2, 0) is 4.79 Å². The van der Waals surface area contributed by atoms with Gasteiger partial charge in [-0.2, -0.15) is 0 Å². The Hall–Kier alpha value is -0.770. The third kappa shape index (κ3) is 4.40. The van der Waals surface area contributed by atoms with Gasteiger partial charge in [-0.3, -0.25) is 9.69 Å². The molecule has 2 aliphatic rings. The molecular weight excluding hydrogens is 331 g/mol. The van der Waals surface area contributed by atoms with E-state index < -0.39 is 0 Å². The maximum absolute atomic E-state index is 12.6. The molecule has 0 bridgehead atoms. The average Bonchev–Trinajstić information content (AvgIpc) is 2.57. The van der Waals surface area contributed by atoms with Gasteiger partial charge in [0.15, 0.2) is 0 Å². The van der Waals surface area contributed by atoms with E-state index in [2.05, 4.69) is 24.0 Å². The normalized spacial score (nSPS) is 20.2. The summed E-state index contributed by atoms with van der Waals surface area (Å²) in [5, 5.41) is 0.800. The van der Waals surface area contributed by atoms with Crippen molar-refractivity contribution in [2.24, 2.45) is 5.92 Å². The number of halogens is 2. The Morgan fingerprint density at radius 1 is 1.17 bits per heavy atom. The van der Waals surface area contributed by atoms with Gasteiger partial charge in [0.25, 0.3) is 0 Å². The molecule has 128 valence electrons. The number of nitrogens with one attached hydrogen (secondary N) is 1. The summed E-state index contributed by atoms with van der Waals surface area (Å²) in [7, 11) is 0. The standard InChI is InChI=1S/C18H25ClN2O.ClH/c1-14-7-8-16(19)13-17(14)20-9-11-21(12-10-20)18(22)15-5-3-2-4-6-15;/h7-8,13,15H,2-6,9-12H2,1H3;1H. The fourth-order valence-corrected chi connectivity index (χ4v) is 4.02. The van der Waals surface area contributed by atoms with Crippen molar-refractivity contribution in [3.8, 4) is 0 Å². The first-order valence-electron chi connectivity index (χ1n) is 8.55. The highest BCUT2D eigenvalue weighted by atomic mass is 35.5. The van der Waals surface area contributed by atoms with E-state index in [1.165, 1.54) is 35.4 Å². The van der Waals surface area contributed by atoms with Crippen LogP contribution in [0, 0.1) is 12.8 Å². The Labute approximate surface area is 150 Å². The van der Waals surface area contributed by atoms with Crippen LogP contribution in [-0.4, -0.2) is 37.0 Å². The molecule has 0 atom stereocenters. The molecular formula is C18H26Cl2N2O. The largest absolute Gasteiger partial charge is 1.00 e. The van der Waals surface area contributed by atoms with Crippen molar-refractivity contribution in [1.29, 1.82) is 0 Å². The fourth-order valence-electron chi connectivity index (χ4n) is 3.85. The summed E-state index contributed by atoms with van der Waals surface area (Å²) >= 11 is 6.14. The predicted octanol–water partition coefficient (Wildman–Crippen LogP) is -0.409. The number of hydrogen-bond donors (Lipinski definition) is 1. The smallest absolute Gasteiger partial charge is 0.226 e. The predicted molar refractivity (Wildman–Crippen MR) is 89.7 cm³/mol. The van der Waals surface area contributed by atoms with Gasteiger partial charge in [0.05, 0.1) is 26.2 Å². The van der Waals surface area contributed by atoms with Crippen LogP contribution >= 0.6 is 11.6 Å². The second kappa shape index (κ2) is 8.36. The number of rotatable bonds is 2. The number of carbonyl (C=O) groups is 1. The zero-order valence-corrected chi connectivity index (χ0v) is 15.3. The molecule has 1 aliphatic carbocycles. The number of aryl methyl sites for hydroxylation is 1. The number of quaternary nitrogens is 1. The summed E-state index contributed by atoms with van der Waals surface area (Å²) in [6, 6.07) is 6.11. The molecule has 0 aromatic heterocycles. The second-order valence-corrected chi connectivity index (χ2v) is 7.16. The topological polar surface area (TPSA) is 24.8 Å². The van der Waals surface area contributed by atoms with E-state index in [-0.39, 0.29) is 12.4 Å². The molecule has 0 radical (unpaired) electrons. The first-order chi connectivity index (χ1) is 10.6. The van der Waals surface area contributed by atoms with E-state index in [0.29, 0.717) is 11.8 Å². The number of amides is 1. The molecule has 1 saturated carbocycles. The van der Waals surface area contributed by atoms with E-state index in [1.54, 1.807) is 0 Å². The van der Waals surface area contributed by atoms with Gasteiger partial charge in [0.2, 0.25) is 5.91 Å². The molecule has 2 fully saturated rings. The van der Waals surface area contributed by atoms with E-state index in [1.807, 2.05) is 6.07 Å². The van der Waals surface area contributed by atoms with E-state index >= 15 is 0 Å². The summed E-state index contributed by atoms with van der Waals surface area (Å²) in [4.78, 5) is 16.2.